The van der Waals surface area contributed by atoms with Crippen LogP contribution in [0.25, 0.3) is 0 Å². The van der Waals surface area contributed by atoms with E-state index in [1.165, 1.54) is 141 Å². The van der Waals surface area contributed by atoms with Crippen LogP contribution >= 0.6 is 0 Å². The first-order chi connectivity index (χ1) is 27.0. The second-order valence-electron chi connectivity index (χ2n) is 16.1. The molecule has 0 aromatic carbocycles. The van der Waals surface area contributed by atoms with Gasteiger partial charge in [0.15, 0.2) is 0 Å². The highest BCUT2D eigenvalue weighted by atomic mass is 16.3. The number of carbonyl (C=O) groups excluding carboxylic acids is 1. The highest BCUT2D eigenvalue weighted by Crippen LogP contribution is 2.16. The third-order valence-electron chi connectivity index (χ3n) is 10.8. The van der Waals surface area contributed by atoms with Crippen molar-refractivity contribution in [2.24, 2.45) is 0 Å². The third kappa shape index (κ3) is 37.6. The molecule has 0 aliphatic heterocycles. The van der Waals surface area contributed by atoms with Gasteiger partial charge in [-0.1, -0.05) is 197 Å². The van der Waals surface area contributed by atoms with E-state index in [9.17, 15) is 25.2 Å². The van der Waals surface area contributed by atoms with E-state index >= 15 is 0 Å². The van der Waals surface area contributed by atoms with E-state index in [2.05, 4.69) is 67.8 Å². The second kappa shape index (κ2) is 43.4. The molecule has 0 heterocycles. The number of unbranched alkanes of at least 4 members (excludes halogenated alkanes) is 25. The molecule has 4 atom stereocenters. The summed E-state index contributed by atoms with van der Waals surface area (Å²) in [6.45, 7) is 3.94. The van der Waals surface area contributed by atoms with Gasteiger partial charge < -0.3 is 25.7 Å². The number of allylic oxidation sites excluding steroid dienone is 8. The van der Waals surface area contributed by atoms with Gasteiger partial charge in [-0.3, -0.25) is 4.79 Å². The molecule has 0 spiro atoms. The van der Waals surface area contributed by atoms with Gasteiger partial charge in [-0.2, -0.15) is 0 Å². The van der Waals surface area contributed by atoms with Crippen molar-refractivity contribution < 1.29 is 25.2 Å². The van der Waals surface area contributed by atoms with Crippen LogP contribution < -0.4 is 5.32 Å². The van der Waals surface area contributed by atoms with E-state index in [1.54, 1.807) is 0 Å². The molecular weight excluding hydrogens is 683 g/mol. The minimum atomic E-state index is -1.29. The van der Waals surface area contributed by atoms with Gasteiger partial charge in [-0.25, -0.2) is 0 Å². The summed E-state index contributed by atoms with van der Waals surface area (Å²) in [7, 11) is 0. The molecule has 0 fully saturated rings. The Bertz CT molecular complexity index is 915. The lowest BCUT2D eigenvalue weighted by atomic mass is 10.00. The summed E-state index contributed by atoms with van der Waals surface area (Å²) < 4.78 is 0. The molecule has 5 N–H and O–H groups in total. The zero-order valence-corrected chi connectivity index (χ0v) is 36.2. The average Bonchev–Trinajstić information content (AvgIpc) is 3.19. The van der Waals surface area contributed by atoms with Crippen molar-refractivity contribution >= 4 is 5.91 Å². The molecule has 0 aromatic heterocycles. The molecule has 0 aliphatic carbocycles. The van der Waals surface area contributed by atoms with Gasteiger partial charge in [0.2, 0.25) is 5.91 Å². The van der Waals surface area contributed by atoms with E-state index in [0.717, 1.165) is 51.4 Å². The Morgan fingerprint density at radius 1 is 0.473 bits per heavy atom. The Morgan fingerprint density at radius 2 is 0.873 bits per heavy atom. The van der Waals surface area contributed by atoms with Gasteiger partial charge in [-0.05, 0) is 77.0 Å². The van der Waals surface area contributed by atoms with Gasteiger partial charge >= 0.3 is 0 Å². The molecule has 0 saturated carbocycles. The highest BCUT2D eigenvalue weighted by molar-refractivity contribution is 5.80. The molecule has 4 unspecified atom stereocenters. The van der Waals surface area contributed by atoms with E-state index in [4.69, 9.17) is 0 Å². The molecule has 1 amide bonds. The fraction of sp³-hybridized carbons (Fsp3) is 0.816. The van der Waals surface area contributed by atoms with Crippen molar-refractivity contribution in [1.29, 1.82) is 0 Å². The Labute approximate surface area is 340 Å². The lowest BCUT2D eigenvalue weighted by Gasteiger charge is -2.27. The Balaban J connectivity index is 3.77. The SMILES string of the molecule is CC/C=C\C/C=C\CCCCCCCCCCCCCCCC(O)C(=O)NC(CO)C(O)C(O)CCC/C=C/CC/C=C/CCCCCCCCCCCC. The van der Waals surface area contributed by atoms with Crippen molar-refractivity contribution in [3.8, 4) is 0 Å². The number of nitrogens with one attached hydrogen (secondary N) is 1. The number of hydrogen-bond donors (Lipinski definition) is 5. The average molecular weight is 774 g/mol. The monoisotopic (exact) mass is 774 g/mol. The fourth-order valence-corrected chi connectivity index (χ4v) is 7.05. The molecule has 0 rings (SSSR count). The molecule has 6 nitrogen and oxygen atoms in total. The van der Waals surface area contributed by atoms with Crippen LogP contribution in [-0.2, 0) is 4.79 Å². The van der Waals surface area contributed by atoms with Crippen LogP contribution in [0.2, 0.25) is 0 Å². The number of carbonyl (C=O) groups is 1. The molecule has 0 aliphatic rings. The summed E-state index contributed by atoms with van der Waals surface area (Å²) in [4.78, 5) is 12.5. The largest absolute Gasteiger partial charge is 0.394 e. The van der Waals surface area contributed by atoms with Crippen LogP contribution in [0, 0.1) is 0 Å². The second-order valence-corrected chi connectivity index (χ2v) is 16.1. The maximum absolute atomic E-state index is 12.5. The molecule has 6 heteroatoms. The molecule has 55 heavy (non-hydrogen) atoms. The highest BCUT2D eigenvalue weighted by Gasteiger charge is 2.28. The van der Waals surface area contributed by atoms with Crippen molar-refractivity contribution in [3.05, 3.63) is 48.6 Å². The summed E-state index contributed by atoms with van der Waals surface area (Å²) >= 11 is 0. The van der Waals surface area contributed by atoms with Crippen molar-refractivity contribution in [2.45, 2.75) is 250 Å². The number of amides is 1. The topological polar surface area (TPSA) is 110 Å². The quantitative estimate of drug-likeness (QED) is 0.0313. The summed E-state index contributed by atoms with van der Waals surface area (Å²) in [5, 5.41) is 43.7. The van der Waals surface area contributed by atoms with Crippen LogP contribution in [0.5, 0.6) is 0 Å². The predicted molar refractivity (Wildman–Crippen MR) is 237 cm³/mol. The van der Waals surface area contributed by atoms with E-state index in [0.29, 0.717) is 19.3 Å². The fourth-order valence-electron chi connectivity index (χ4n) is 7.05. The maximum atomic E-state index is 12.5. The molecule has 0 bridgehead atoms. The molecule has 322 valence electrons. The lowest BCUT2D eigenvalue weighted by Crippen LogP contribution is -2.53. The van der Waals surface area contributed by atoms with Crippen LogP contribution in [0.1, 0.15) is 226 Å². The number of rotatable bonds is 42. The molecular formula is C49H91NO5. The first-order valence-corrected chi connectivity index (χ1v) is 23.5. The summed E-state index contributed by atoms with van der Waals surface area (Å²) in [6.07, 6.45) is 52.9. The summed E-state index contributed by atoms with van der Waals surface area (Å²) in [5.41, 5.74) is 0. The number of aliphatic hydroxyl groups excluding tert-OH is 4. The Hall–Kier alpha value is -1.73. The summed E-state index contributed by atoms with van der Waals surface area (Å²) in [6, 6.07) is -1.01. The normalized spacial score (nSPS) is 14.5. The first kappa shape index (κ1) is 53.3. The number of hydrogen-bond acceptors (Lipinski definition) is 5. The van der Waals surface area contributed by atoms with E-state index in [1.807, 2.05) is 0 Å². The van der Waals surface area contributed by atoms with Crippen LogP contribution in [0.15, 0.2) is 48.6 Å². The lowest BCUT2D eigenvalue weighted by molar-refractivity contribution is -0.132. The standard InChI is InChI=1S/C49H91NO5/c1-3-5-7-9-11-13-15-17-19-21-23-25-27-29-31-33-35-37-39-41-43-47(53)49(55)50-45(44-51)48(54)46(52)42-40-38-36-34-32-30-28-26-24-22-20-18-16-14-12-10-8-6-4-2/h5,7,11,13,26,28,34,36,45-48,51-54H,3-4,6,8-10,12,14-25,27,29-33,35,37-44H2,1-2H3,(H,50,55)/b7-5-,13-11-,28-26+,36-34+. The van der Waals surface area contributed by atoms with Crippen molar-refractivity contribution in [2.75, 3.05) is 6.61 Å². The minimum absolute atomic E-state index is 0.358. The molecule has 0 radical (unpaired) electrons. The minimum Gasteiger partial charge on any atom is -0.394 e. The number of aliphatic hydroxyl groups is 4. The van der Waals surface area contributed by atoms with Gasteiger partial charge in [-0.15, -0.1) is 0 Å². The molecule has 0 saturated heterocycles. The smallest absolute Gasteiger partial charge is 0.249 e. The molecule has 0 aromatic rings. The predicted octanol–water partition coefficient (Wildman–Crippen LogP) is 12.7. The Kier molecular flexibility index (Phi) is 42.0. The first-order valence-electron chi connectivity index (χ1n) is 23.5. The summed E-state index contributed by atoms with van der Waals surface area (Å²) in [5.74, 6) is -0.599. The zero-order valence-electron chi connectivity index (χ0n) is 36.2. The van der Waals surface area contributed by atoms with Crippen LogP contribution in [-0.4, -0.2) is 57.3 Å². The van der Waals surface area contributed by atoms with Gasteiger partial charge in [0.05, 0.1) is 18.8 Å². The van der Waals surface area contributed by atoms with Crippen molar-refractivity contribution in [1.82, 2.24) is 5.32 Å². The van der Waals surface area contributed by atoms with E-state index < -0.39 is 36.9 Å². The van der Waals surface area contributed by atoms with Gasteiger partial charge in [0.25, 0.3) is 0 Å². The van der Waals surface area contributed by atoms with Crippen LogP contribution in [0.3, 0.4) is 0 Å². The van der Waals surface area contributed by atoms with E-state index in [-0.39, 0.29) is 0 Å². The van der Waals surface area contributed by atoms with Gasteiger partial charge in [0.1, 0.15) is 12.2 Å². The van der Waals surface area contributed by atoms with Crippen molar-refractivity contribution in [3.63, 3.8) is 0 Å². The maximum Gasteiger partial charge on any atom is 0.249 e. The third-order valence-corrected chi connectivity index (χ3v) is 10.8. The zero-order chi connectivity index (χ0) is 40.3. The van der Waals surface area contributed by atoms with Gasteiger partial charge in [0, 0.05) is 0 Å². The van der Waals surface area contributed by atoms with Crippen LogP contribution in [0.4, 0.5) is 0 Å². The Morgan fingerprint density at radius 3 is 1.35 bits per heavy atom.